The highest BCUT2D eigenvalue weighted by molar-refractivity contribution is 5.86. The maximum absolute atomic E-state index is 12.8. The highest BCUT2D eigenvalue weighted by Gasteiger charge is 2.29. The zero-order chi connectivity index (χ0) is 21.9. The molecule has 0 bridgehead atoms. The molecule has 3 heteroatoms. The summed E-state index contributed by atoms with van der Waals surface area (Å²) in [5, 5.41) is 1.33. The van der Waals surface area contributed by atoms with Crippen LogP contribution < -0.4 is 0 Å². The largest absolute Gasteiger partial charge is 0.356 e. The number of fused-ring (bicyclic) bond motifs is 3. The van der Waals surface area contributed by atoms with Gasteiger partial charge in [-0.1, -0.05) is 102 Å². The lowest BCUT2D eigenvalue weighted by Gasteiger charge is -2.33. The molecular weight excluding hydrogens is 380 g/mol. The van der Waals surface area contributed by atoms with Crippen LogP contribution in [0.15, 0.2) is 24.3 Å². The predicted octanol–water partition coefficient (Wildman–Crippen LogP) is 8.09. The van der Waals surface area contributed by atoms with Crippen molar-refractivity contribution in [2.24, 2.45) is 0 Å². The minimum Gasteiger partial charge on any atom is -0.356 e. The first-order chi connectivity index (χ1) is 15.2. The van der Waals surface area contributed by atoms with Gasteiger partial charge in [0.05, 0.1) is 6.04 Å². The summed E-state index contributed by atoms with van der Waals surface area (Å²) in [6, 6.07) is 8.67. The highest BCUT2D eigenvalue weighted by atomic mass is 16.2. The molecule has 31 heavy (non-hydrogen) atoms. The molecule has 172 valence electrons. The van der Waals surface area contributed by atoms with E-state index in [-0.39, 0.29) is 6.04 Å². The number of aromatic amines is 1. The van der Waals surface area contributed by atoms with Crippen LogP contribution in [0.2, 0.25) is 0 Å². The summed E-state index contributed by atoms with van der Waals surface area (Å²) in [6.45, 7) is 5.31. The van der Waals surface area contributed by atoms with Crippen LogP contribution >= 0.6 is 0 Å². The molecule has 0 aliphatic carbocycles. The minimum atomic E-state index is 0.158. The van der Waals surface area contributed by atoms with Gasteiger partial charge in [0.2, 0.25) is 5.91 Å². The summed E-state index contributed by atoms with van der Waals surface area (Å²) in [5.41, 5.74) is 3.85. The van der Waals surface area contributed by atoms with E-state index in [4.69, 9.17) is 0 Å². The first-order valence-corrected chi connectivity index (χ1v) is 13.1. The zero-order valence-corrected chi connectivity index (χ0v) is 20.1. The number of hydrogen-bond acceptors (Lipinski definition) is 1. The monoisotopic (exact) mass is 424 g/mol. The van der Waals surface area contributed by atoms with Crippen molar-refractivity contribution in [3.63, 3.8) is 0 Å². The van der Waals surface area contributed by atoms with Gasteiger partial charge in [-0.15, -0.1) is 0 Å². The number of amides is 1. The van der Waals surface area contributed by atoms with Crippen molar-refractivity contribution in [1.29, 1.82) is 0 Å². The molecule has 3 nitrogen and oxygen atoms in total. The van der Waals surface area contributed by atoms with Crippen LogP contribution in [0, 0.1) is 0 Å². The number of H-pyrrole nitrogens is 1. The fourth-order valence-electron chi connectivity index (χ4n) is 5.21. The molecule has 1 amide bonds. The Morgan fingerprint density at radius 3 is 2.13 bits per heavy atom. The highest BCUT2D eigenvalue weighted by Crippen LogP contribution is 2.34. The Morgan fingerprint density at radius 1 is 0.903 bits per heavy atom. The van der Waals surface area contributed by atoms with E-state index in [1.807, 2.05) is 0 Å². The van der Waals surface area contributed by atoms with Gasteiger partial charge in [-0.3, -0.25) is 4.79 Å². The van der Waals surface area contributed by atoms with Gasteiger partial charge in [-0.2, -0.15) is 0 Å². The topological polar surface area (TPSA) is 36.1 Å². The van der Waals surface area contributed by atoms with Crippen molar-refractivity contribution in [2.45, 2.75) is 116 Å². The number of nitrogens with zero attached hydrogens (tertiary/aromatic N) is 1. The fraction of sp³-hybridized carbons (Fsp3) is 0.679. The number of aromatic nitrogens is 1. The van der Waals surface area contributed by atoms with Gasteiger partial charge in [0.1, 0.15) is 0 Å². The molecule has 0 saturated heterocycles. The third-order valence-electron chi connectivity index (χ3n) is 7.15. The Hall–Kier alpha value is -1.77. The third kappa shape index (κ3) is 6.85. The predicted molar refractivity (Wildman–Crippen MR) is 132 cm³/mol. The maximum atomic E-state index is 12.8. The number of rotatable bonds is 14. The van der Waals surface area contributed by atoms with Crippen LogP contribution in [0.1, 0.15) is 121 Å². The summed E-state index contributed by atoms with van der Waals surface area (Å²) >= 11 is 0. The Kier molecular flexibility index (Phi) is 9.96. The Balaban J connectivity index is 1.26. The first-order valence-electron chi connectivity index (χ1n) is 13.1. The average molecular weight is 425 g/mol. The molecule has 3 rings (SSSR count). The van der Waals surface area contributed by atoms with Crippen LogP contribution in [0.3, 0.4) is 0 Å². The van der Waals surface area contributed by atoms with E-state index in [1.54, 1.807) is 0 Å². The maximum Gasteiger partial charge on any atom is 0.223 e. The van der Waals surface area contributed by atoms with Crippen LogP contribution in [-0.4, -0.2) is 22.3 Å². The molecule has 0 fully saturated rings. The van der Waals surface area contributed by atoms with Crippen LogP contribution in [0.4, 0.5) is 0 Å². The van der Waals surface area contributed by atoms with Gasteiger partial charge in [-0.05, 0) is 31.4 Å². The molecule has 1 unspecified atom stereocenters. The van der Waals surface area contributed by atoms with Crippen molar-refractivity contribution >= 4 is 16.8 Å². The Labute approximate surface area is 190 Å². The zero-order valence-electron chi connectivity index (χ0n) is 20.1. The number of nitrogens with one attached hydrogen (secondary N) is 1. The van der Waals surface area contributed by atoms with Crippen molar-refractivity contribution < 1.29 is 4.79 Å². The molecule has 2 aromatic rings. The molecule has 1 N–H and O–H groups in total. The lowest BCUT2D eigenvalue weighted by Crippen LogP contribution is -2.38. The molecule has 2 heterocycles. The van der Waals surface area contributed by atoms with E-state index in [2.05, 4.69) is 48.0 Å². The molecule has 0 saturated carbocycles. The van der Waals surface area contributed by atoms with Crippen LogP contribution in [-0.2, 0) is 11.2 Å². The molecule has 1 aliphatic rings. The van der Waals surface area contributed by atoms with Gasteiger partial charge in [-0.25, -0.2) is 0 Å². The lowest BCUT2D eigenvalue weighted by atomic mass is 9.97. The standard InChI is InChI=1S/C28H44N2O/c1-3-4-5-6-7-8-9-10-11-12-13-14-15-20-27(31)30-22-21-25-24-18-16-17-19-26(24)29-28(25)23(30)2/h16-19,23,29H,3-15,20-22H2,1-2H3. The lowest BCUT2D eigenvalue weighted by molar-refractivity contribution is -0.134. The summed E-state index contributed by atoms with van der Waals surface area (Å²) in [5.74, 6) is 0.333. The molecule has 1 aromatic carbocycles. The number of para-hydroxylation sites is 1. The van der Waals surface area contributed by atoms with Crippen LogP contribution in [0.5, 0.6) is 0 Å². The normalized spacial score (nSPS) is 16.1. The van der Waals surface area contributed by atoms with Crippen molar-refractivity contribution in [3.8, 4) is 0 Å². The van der Waals surface area contributed by atoms with E-state index in [9.17, 15) is 4.79 Å². The molecule has 1 atom stereocenters. The molecule has 0 radical (unpaired) electrons. The number of carbonyl (C=O) groups excluding carboxylic acids is 1. The van der Waals surface area contributed by atoms with Crippen molar-refractivity contribution in [1.82, 2.24) is 9.88 Å². The van der Waals surface area contributed by atoms with E-state index in [1.165, 1.54) is 99.2 Å². The van der Waals surface area contributed by atoms with Gasteiger partial charge in [0, 0.05) is 29.6 Å². The Morgan fingerprint density at radius 2 is 1.48 bits per heavy atom. The molecule has 1 aliphatic heterocycles. The molecule has 0 spiro atoms. The fourth-order valence-corrected chi connectivity index (χ4v) is 5.21. The van der Waals surface area contributed by atoms with E-state index >= 15 is 0 Å². The quantitative estimate of drug-likeness (QED) is 0.306. The van der Waals surface area contributed by atoms with E-state index in [0.29, 0.717) is 12.3 Å². The minimum absolute atomic E-state index is 0.158. The first kappa shape index (κ1) is 23.9. The average Bonchev–Trinajstić information content (AvgIpc) is 3.17. The summed E-state index contributed by atoms with van der Waals surface area (Å²) in [4.78, 5) is 18.5. The summed E-state index contributed by atoms with van der Waals surface area (Å²) in [6.07, 6.45) is 19.2. The number of unbranched alkanes of at least 4 members (excludes halogenated alkanes) is 12. The third-order valence-corrected chi connectivity index (χ3v) is 7.15. The molecular formula is C28H44N2O. The van der Waals surface area contributed by atoms with Gasteiger partial charge < -0.3 is 9.88 Å². The Bertz CT molecular complexity index is 793. The van der Waals surface area contributed by atoms with Gasteiger partial charge >= 0.3 is 0 Å². The van der Waals surface area contributed by atoms with E-state index < -0.39 is 0 Å². The second kappa shape index (κ2) is 12.9. The van der Waals surface area contributed by atoms with Crippen LogP contribution in [0.25, 0.3) is 10.9 Å². The summed E-state index contributed by atoms with van der Waals surface area (Å²) in [7, 11) is 0. The number of hydrogen-bond donors (Lipinski definition) is 1. The number of benzene rings is 1. The van der Waals surface area contributed by atoms with Crippen molar-refractivity contribution in [3.05, 3.63) is 35.5 Å². The second-order valence-corrected chi connectivity index (χ2v) is 9.57. The van der Waals surface area contributed by atoms with E-state index in [0.717, 1.165) is 19.4 Å². The SMILES string of the molecule is CCCCCCCCCCCCCCCC(=O)N1CCc2c([nH]c3ccccc23)C1C. The second-order valence-electron chi connectivity index (χ2n) is 9.57. The summed E-state index contributed by atoms with van der Waals surface area (Å²) < 4.78 is 0. The number of carbonyl (C=O) groups is 1. The molecule has 1 aromatic heterocycles. The van der Waals surface area contributed by atoms with Gasteiger partial charge in [0.25, 0.3) is 0 Å². The van der Waals surface area contributed by atoms with Crippen molar-refractivity contribution in [2.75, 3.05) is 6.54 Å². The smallest absolute Gasteiger partial charge is 0.223 e. The van der Waals surface area contributed by atoms with Gasteiger partial charge in [0.15, 0.2) is 0 Å².